The molecule has 0 fully saturated rings. The molecular weight excluding hydrogens is 242 g/mol. The van der Waals surface area contributed by atoms with Crippen LogP contribution in [0.2, 0.25) is 0 Å². The highest BCUT2D eigenvalue weighted by Gasteiger charge is 2.11. The molecule has 4 nitrogen and oxygen atoms in total. The lowest BCUT2D eigenvalue weighted by atomic mass is 9.91. The highest BCUT2D eigenvalue weighted by atomic mass is 16.5. The average molecular weight is 261 g/mol. The first-order chi connectivity index (χ1) is 9.19. The summed E-state index contributed by atoms with van der Waals surface area (Å²) in [6.45, 7) is 0. The molecule has 0 aromatic heterocycles. The second-order valence-electron chi connectivity index (χ2n) is 4.81. The Morgan fingerprint density at radius 2 is 1.89 bits per heavy atom. The molecule has 1 aromatic rings. The molecule has 0 saturated carbocycles. The van der Waals surface area contributed by atoms with Gasteiger partial charge in [0.05, 0.1) is 13.5 Å². The van der Waals surface area contributed by atoms with Crippen molar-refractivity contribution in [2.24, 2.45) is 0 Å². The van der Waals surface area contributed by atoms with Crippen molar-refractivity contribution in [2.75, 3.05) is 12.4 Å². The Morgan fingerprint density at radius 3 is 2.63 bits per heavy atom. The van der Waals surface area contributed by atoms with Gasteiger partial charge in [0, 0.05) is 12.1 Å². The molecule has 102 valence electrons. The van der Waals surface area contributed by atoms with Crippen molar-refractivity contribution in [3.05, 3.63) is 29.3 Å². The highest BCUT2D eigenvalue weighted by Crippen LogP contribution is 2.24. The van der Waals surface area contributed by atoms with Crippen LogP contribution in [0.25, 0.3) is 0 Å². The van der Waals surface area contributed by atoms with E-state index < -0.39 is 0 Å². The molecule has 1 aromatic carbocycles. The van der Waals surface area contributed by atoms with Crippen LogP contribution in [0.3, 0.4) is 0 Å². The van der Waals surface area contributed by atoms with Crippen LogP contribution in [0, 0.1) is 0 Å². The lowest BCUT2D eigenvalue weighted by Crippen LogP contribution is -2.14. The number of carbonyl (C=O) groups excluding carboxylic acids is 2. The molecule has 1 aliphatic carbocycles. The number of amides is 1. The van der Waals surface area contributed by atoms with Gasteiger partial charge in [-0.25, -0.2) is 0 Å². The summed E-state index contributed by atoms with van der Waals surface area (Å²) in [5.41, 5.74) is 3.53. The summed E-state index contributed by atoms with van der Waals surface area (Å²) in [6, 6.07) is 6.06. The van der Waals surface area contributed by atoms with Gasteiger partial charge >= 0.3 is 5.97 Å². The number of benzene rings is 1. The monoisotopic (exact) mass is 261 g/mol. The number of ether oxygens (including phenoxy) is 1. The van der Waals surface area contributed by atoms with Gasteiger partial charge in [0.2, 0.25) is 5.91 Å². The number of hydrogen-bond acceptors (Lipinski definition) is 3. The molecule has 1 N–H and O–H groups in total. The molecular formula is C15H19NO3. The van der Waals surface area contributed by atoms with Gasteiger partial charge in [-0.05, 0) is 48.9 Å². The molecule has 4 heteroatoms. The second kappa shape index (κ2) is 6.36. The Balaban J connectivity index is 1.92. The summed E-state index contributed by atoms with van der Waals surface area (Å²) in [5, 5.41) is 2.82. The number of carbonyl (C=O) groups is 2. The third-order valence-electron chi connectivity index (χ3n) is 3.42. The Bertz CT molecular complexity index is 482. The number of anilines is 1. The summed E-state index contributed by atoms with van der Waals surface area (Å²) < 4.78 is 4.51. The van der Waals surface area contributed by atoms with Gasteiger partial charge in [-0.15, -0.1) is 0 Å². The first-order valence-electron chi connectivity index (χ1n) is 6.67. The largest absolute Gasteiger partial charge is 0.469 e. The van der Waals surface area contributed by atoms with Crippen molar-refractivity contribution >= 4 is 17.6 Å². The van der Waals surface area contributed by atoms with Gasteiger partial charge in [-0.2, -0.15) is 0 Å². The molecule has 0 bridgehead atoms. The van der Waals surface area contributed by atoms with Crippen LogP contribution in [-0.2, 0) is 27.2 Å². The van der Waals surface area contributed by atoms with Gasteiger partial charge in [-0.1, -0.05) is 6.07 Å². The maximum Gasteiger partial charge on any atom is 0.306 e. The minimum atomic E-state index is -0.361. The molecule has 0 saturated heterocycles. The van der Waals surface area contributed by atoms with E-state index in [1.165, 1.54) is 31.1 Å². The molecule has 0 spiro atoms. The lowest BCUT2D eigenvalue weighted by Gasteiger charge is -2.16. The van der Waals surface area contributed by atoms with Crippen molar-refractivity contribution < 1.29 is 14.3 Å². The molecule has 2 rings (SSSR count). The lowest BCUT2D eigenvalue weighted by molar-refractivity contribution is -0.141. The van der Waals surface area contributed by atoms with E-state index in [1.807, 2.05) is 12.1 Å². The maximum atomic E-state index is 11.7. The minimum Gasteiger partial charge on any atom is -0.469 e. The van der Waals surface area contributed by atoms with Gasteiger partial charge in [0.1, 0.15) is 0 Å². The van der Waals surface area contributed by atoms with Crippen molar-refractivity contribution in [1.82, 2.24) is 0 Å². The van der Waals surface area contributed by atoms with Gasteiger partial charge in [-0.3, -0.25) is 9.59 Å². The molecule has 0 aliphatic heterocycles. The Hall–Kier alpha value is -1.84. The quantitative estimate of drug-likeness (QED) is 0.847. The topological polar surface area (TPSA) is 55.4 Å². The summed E-state index contributed by atoms with van der Waals surface area (Å²) in [5.74, 6) is -0.512. The van der Waals surface area contributed by atoms with E-state index in [1.54, 1.807) is 0 Å². The van der Waals surface area contributed by atoms with Crippen molar-refractivity contribution in [3.8, 4) is 0 Å². The van der Waals surface area contributed by atoms with E-state index in [4.69, 9.17) is 0 Å². The van der Waals surface area contributed by atoms with Crippen LogP contribution >= 0.6 is 0 Å². The van der Waals surface area contributed by atoms with Crippen LogP contribution < -0.4 is 5.32 Å². The molecule has 0 radical (unpaired) electrons. The number of fused-ring (bicyclic) bond motifs is 1. The van der Waals surface area contributed by atoms with Gasteiger partial charge in [0.15, 0.2) is 0 Å². The van der Waals surface area contributed by atoms with E-state index >= 15 is 0 Å². The molecule has 19 heavy (non-hydrogen) atoms. The van der Waals surface area contributed by atoms with E-state index in [9.17, 15) is 9.59 Å². The number of hydrogen-bond donors (Lipinski definition) is 1. The van der Waals surface area contributed by atoms with Crippen molar-refractivity contribution in [2.45, 2.75) is 38.5 Å². The van der Waals surface area contributed by atoms with Gasteiger partial charge < -0.3 is 10.1 Å². The number of methoxy groups -OCH3 is 1. The first-order valence-corrected chi connectivity index (χ1v) is 6.67. The first kappa shape index (κ1) is 13.6. The predicted octanol–water partition coefficient (Wildman–Crippen LogP) is 2.46. The van der Waals surface area contributed by atoms with Crippen molar-refractivity contribution in [1.29, 1.82) is 0 Å². The second-order valence-corrected chi connectivity index (χ2v) is 4.81. The van der Waals surface area contributed by atoms with Crippen molar-refractivity contribution in [3.63, 3.8) is 0 Å². The molecule has 0 atom stereocenters. The minimum absolute atomic E-state index is 0.118. The normalized spacial score (nSPS) is 13.5. The highest BCUT2D eigenvalue weighted by molar-refractivity contribution is 5.92. The molecule has 1 aliphatic rings. The number of esters is 1. The summed E-state index contributed by atoms with van der Waals surface area (Å²) in [6.07, 6.45) is 4.95. The van der Waals surface area contributed by atoms with Crippen LogP contribution in [0.4, 0.5) is 5.69 Å². The fourth-order valence-electron chi connectivity index (χ4n) is 2.35. The van der Waals surface area contributed by atoms with E-state index in [2.05, 4.69) is 16.1 Å². The fraction of sp³-hybridized carbons (Fsp3) is 0.467. The van der Waals surface area contributed by atoms with E-state index in [-0.39, 0.29) is 24.7 Å². The smallest absolute Gasteiger partial charge is 0.306 e. The number of rotatable bonds is 4. The standard InChI is InChI=1S/C15H19NO3/c1-19-15(18)9-8-14(17)16-13-7-6-11-4-2-3-5-12(11)10-13/h6-7,10H,2-5,8-9H2,1H3,(H,16,17). The summed E-state index contributed by atoms with van der Waals surface area (Å²) in [4.78, 5) is 22.6. The van der Waals surface area contributed by atoms with E-state index in [0.29, 0.717) is 0 Å². The SMILES string of the molecule is COC(=O)CCC(=O)Nc1ccc2c(c1)CCCC2. The third kappa shape index (κ3) is 3.81. The molecule has 0 heterocycles. The Kier molecular flexibility index (Phi) is 4.55. The summed E-state index contributed by atoms with van der Waals surface area (Å²) in [7, 11) is 1.32. The van der Waals surface area contributed by atoms with E-state index in [0.717, 1.165) is 18.5 Å². The van der Waals surface area contributed by atoms with Gasteiger partial charge in [0.25, 0.3) is 0 Å². The zero-order valence-electron chi connectivity index (χ0n) is 11.2. The van der Waals surface area contributed by atoms with Crippen LogP contribution in [0.15, 0.2) is 18.2 Å². The maximum absolute atomic E-state index is 11.7. The Morgan fingerprint density at radius 1 is 1.16 bits per heavy atom. The van der Waals surface area contributed by atoms with Crippen LogP contribution in [0.5, 0.6) is 0 Å². The van der Waals surface area contributed by atoms with Crippen LogP contribution in [-0.4, -0.2) is 19.0 Å². The fourth-order valence-corrected chi connectivity index (χ4v) is 2.35. The third-order valence-corrected chi connectivity index (χ3v) is 3.42. The molecule has 1 amide bonds. The average Bonchev–Trinajstić information content (AvgIpc) is 2.44. The number of aryl methyl sites for hydroxylation is 2. The zero-order valence-corrected chi connectivity index (χ0v) is 11.2. The Labute approximate surface area is 113 Å². The molecule has 0 unspecified atom stereocenters. The summed E-state index contributed by atoms with van der Waals surface area (Å²) >= 11 is 0. The number of nitrogens with one attached hydrogen (secondary N) is 1. The zero-order chi connectivity index (χ0) is 13.7. The predicted molar refractivity (Wildman–Crippen MR) is 73.0 cm³/mol. The van der Waals surface area contributed by atoms with Crippen LogP contribution in [0.1, 0.15) is 36.8 Å².